The first-order valence-corrected chi connectivity index (χ1v) is 7.85. The smallest absolute Gasteiger partial charge is 0.228 e. The first-order chi connectivity index (χ1) is 9.74. The summed E-state index contributed by atoms with van der Waals surface area (Å²) < 4.78 is 0. The quantitative estimate of drug-likeness (QED) is 0.867. The van der Waals surface area contributed by atoms with Crippen LogP contribution in [0.15, 0.2) is 36.5 Å². The first-order valence-electron chi connectivity index (χ1n) is 7.03. The third kappa shape index (κ3) is 2.75. The lowest BCUT2D eigenvalue weighted by atomic mass is 10.2. The molecule has 0 spiro atoms. The van der Waals surface area contributed by atoms with E-state index in [1.165, 1.54) is 0 Å². The third-order valence-corrected chi connectivity index (χ3v) is 4.89. The Kier molecular flexibility index (Phi) is 3.83. The first kappa shape index (κ1) is 13.3. The molecule has 1 unspecified atom stereocenters. The Labute approximate surface area is 123 Å². The van der Waals surface area contributed by atoms with Crippen molar-refractivity contribution in [3.05, 3.63) is 41.4 Å². The van der Waals surface area contributed by atoms with Crippen LogP contribution in [0.2, 0.25) is 0 Å². The predicted molar refractivity (Wildman–Crippen MR) is 81.7 cm³/mol. The zero-order valence-electron chi connectivity index (χ0n) is 11.6. The molecule has 2 aromatic heterocycles. The summed E-state index contributed by atoms with van der Waals surface area (Å²) in [5.41, 5.74) is 0.978. The molecule has 1 aliphatic heterocycles. The largest absolute Gasteiger partial charge is 0.340 e. The van der Waals surface area contributed by atoms with Gasteiger partial charge in [0.25, 0.3) is 0 Å². The molecule has 3 rings (SSSR count). The fourth-order valence-electron chi connectivity index (χ4n) is 2.67. The summed E-state index contributed by atoms with van der Waals surface area (Å²) >= 11 is 1.66. The number of carbonyl (C=O) groups is 1. The number of carbonyl (C=O) groups excluding carboxylic acids is 1. The van der Waals surface area contributed by atoms with Gasteiger partial charge in [0, 0.05) is 23.7 Å². The molecule has 3 nitrogen and oxygen atoms in total. The molecule has 1 fully saturated rings. The summed E-state index contributed by atoms with van der Waals surface area (Å²) in [4.78, 5) is 20.9. The van der Waals surface area contributed by atoms with Crippen molar-refractivity contribution in [2.24, 2.45) is 0 Å². The molecular formula is C16H18N2OS. The van der Waals surface area contributed by atoms with Crippen LogP contribution in [0.4, 0.5) is 0 Å². The molecule has 1 saturated heterocycles. The molecule has 20 heavy (non-hydrogen) atoms. The maximum Gasteiger partial charge on any atom is 0.228 e. The highest BCUT2D eigenvalue weighted by molar-refractivity contribution is 7.15. The molecule has 0 aliphatic carbocycles. The van der Waals surface area contributed by atoms with Crippen molar-refractivity contribution in [2.75, 3.05) is 6.54 Å². The number of nitrogens with zero attached hydrogens (tertiary/aromatic N) is 2. The SMILES string of the molecule is CC1CCCN1C(=O)Cc1ccc(-c2ccccn2)s1. The molecular weight excluding hydrogens is 268 g/mol. The Balaban J connectivity index is 1.70. The second-order valence-corrected chi connectivity index (χ2v) is 6.40. The zero-order chi connectivity index (χ0) is 13.9. The highest BCUT2D eigenvalue weighted by Crippen LogP contribution is 2.27. The van der Waals surface area contributed by atoms with Crippen molar-refractivity contribution in [3.63, 3.8) is 0 Å². The number of likely N-dealkylation sites (tertiary alicyclic amines) is 1. The van der Waals surface area contributed by atoms with Crippen LogP contribution in [0.25, 0.3) is 10.6 Å². The number of aromatic nitrogens is 1. The standard InChI is InChI=1S/C16H18N2OS/c1-12-5-4-10-18(12)16(19)11-13-7-8-15(20-13)14-6-2-3-9-17-14/h2-3,6-9,12H,4-5,10-11H2,1H3. The second-order valence-electron chi connectivity index (χ2n) is 5.24. The van der Waals surface area contributed by atoms with E-state index in [1.54, 1.807) is 17.5 Å². The minimum atomic E-state index is 0.254. The molecule has 3 heterocycles. The molecule has 0 bridgehead atoms. The van der Waals surface area contributed by atoms with Crippen molar-refractivity contribution < 1.29 is 4.79 Å². The predicted octanol–water partition coefficient (Wildman–Crippen LogP) is 3.36. The van der Waals surface area contributed by atoms with Crippen molar-refractivity contribution in [3.8, 4) is 10.6 Å². The van der Waals surface area contributed by atoms with Crippen LogP contribution in [0.1, 0.15) is 24.6 Å². The Morgan fingerprint density at radius 2 is 2.30 bits per heavy atom. The molecule has 1 amide bonds. The summed E-state index contributed by atoms with van der Waals surface area (Å²) in [6.07, 6.45) is 4.58. The van der Waals surface area contributed by atoms with E-state index in [9.17, 15) is 4.79 Å². The van der Waals surface area contributed by atoms with Crippen LogP contribution < -0.4 is 0 Å². The average molecular weight is 286 g/mol. The molecule has 104 valence electrons. The van der Waals surface area contributed by atoms with Crippen molar-refractivity contribution in [1.29, 1.82) is 0 Å². The van der Waals surface area contributed by atoms with Gasteiger partial charge in [-0.25, -0.2) is 0 Å². The van der Waals surface area contributed by atoms with Gasteiger partial charge < -0.3 is 4.90 Å². The van der Waals surface area contributed by atoms with Crippen molar-refractivity contribution in [2.45, 2.75) is 32.2 Å². The zero-order valence-corrected chi connectivity index (χ0v) is 12.4. The summed E-state index contributed by atoms with van der Waals surface area (Å²) in [6.45, 7) is 3.05. The maximum absolute atomic E-state index is 12.3. The topological polar surface area (TPSA) is 33.2 Å². The van der Waals surface area contributed by atoms with E-state index in [1.807, 2.05) is 29.2 Å². The van der Waals surface area contributed by atoms with Gasteiger partial charge in [-0.3, -0.25) is 9.78 Å². The van der Waals surface area contributed by atoms with Crippen molar-refractivity contribution >= 4 is 17.2 Å². The van der Waals surface area contributed by atoms with E-state index in [-0.39, 0.29) is 5.91 Å². The van der Waals surface area contributed by atoms with E-state index in [2.05, 4.69) is 18.0 Å². The summed E-state index contributed by atoms with van der Waals surface area (Å²) in [5.74, 6) is 0.254. The number of hydrogen-bond acceptors (Lipinski definition) is 3. The van der Waals surface area contributed by atoms with Gasteiger partial charge >= 0.3 is 0 Å². The molecule has 0 saturated carbocycles. The normalized spacial score (nSPS) is 18.4. The molecule has 0 aromatic carbocycles. The minimum absolute atomic E-state index is 0.254. The van der Waals surface area contributed by atoms with Crippen LogP contribution in [0.5, 0.6) is 0 Å². The fourth-order valence-corrected chi connectivity index (χ4v) is 3.65. The number of rotatable bonds is 3. The molecule has 0 N–H and O–H groups in total. The van der Waals surface area contributed by atoms with E-state index in [0.29, 0.717) is 12.5 Å². The van der Waals surface area contributed by atoms with E-state index < -0.39 is 0 Å². The second kappa shape index (κ2) is 5.75. The number of hydrogen-bond donors (Lipinski definition) is 0. The lowest BCUT2D eigenvalue weighted by molar-refractivity contribution is -0.130. The highest BCUT2D eigenvalue weighted by atomic mass is 32.1. The third-order valence-electron chi connectivity index (χ3n) is 3.78. The lowest BCUT2D eigenvalue weighted by Crippen LogP contribution is -2.34. The van der Waals surface area contributed by atoms with E-state index >= 15 is 0 Å². The van der Waals surface area contributed by atoms with Crippen LogP contribution >= 0.6 is 11.3 Å². The monoisotopic (exact) mass is 286 g/mol. The number of amides is 1. The van der Waals surface area contributed by atoms with E-state index in [4.69, 9.17) is 0 Å². The number of pyridine rings is 1. The minimum Gasteiger partial charge on any atom is -0.340 e. The number of thiophene rings is 1. The fraction of sp³-hybridized carbons (Fsp3) is 0.375. The summed E-state index contributed by atoms with van der Waals surface area (Å²) in [5, 5.41) is 0. The molecule has 0 radical (unpaired) electrons. The van der Waals surface area contributed by atoms with Gasteiger partial charge in [0.1, 0.15) is 0 Å². The lowest BCUT2D eigenvalue weighted by Gasteiger charge is -2.20. The molecule has 1 aliphatic rings. The Bertz CT molecular complexity index is 594. The Morgan fingerprint density at radius 1 is 1.40 bits per heavy atom. The van der Waals surface area contributed by atoms with Gasteiger partial charge in [-0.1, -0.05) is 6.07 Å². The Morgan fingerprint density at radius 3 is 3.00 bits per heavy atom. The van der Waals surface area contributed by atoms with Crippen LogP contribution in [-0.4, -0.2) is 28.4 Å². The van der Waals surface area contributed by atoms with Crippen LogP contribution in [-0.2, 0) is 11.2 Å². The van der Waals surface area contributed by atoms with E-state index in [0.717, 1.165) is 34.8 Å². The van der Waals surface area contributed by atoms with Gasteiger partial charge in [-0.2, -0.15) is 0 Å². The van der Waals surface area contributed by atoms with Crippen molar-refractivity contribution in [1.82, 2.24) is 9.88 Å². The van der Waals surface area contributed by atoms with Gasteiger partial charge in [0.2, 0.25) is 5.91 Å². The maximum atomic E-state index is 12.3. The average Bonchev–Trinajstić information content (AvgIpc) is 3.09. The van der Waals surface area contributed by atoms with Gasteiger partial charge in [-0.05, 0) is 44.0 Å². The molecule has 2 aromatic rings. The summed E-state index contributed by atoms with van der Waals surface area (Å²) in [7, 11) is 0. The van der Waals surface area contributed by atoms with Gasteiger partial charge in [-0.15, -0.1) is 11.3 Å². The highest BCUT2D eigenvalue weighted by Gasteiger charge is 2.25. The van der Waals surface area contributed by atoms with Gasteiger partial charge in [0.05, 0.1) is 17.0 Å². The van der Waals surface area contributed by atoms with Crippen LogP contribution in [0, 0.1) is 0 Å². The van der Waals surface area contributed by atoms with Gasteiger partial charge in [0.15, 0.2) is 0 Å². The summed E-state index contributed by atoms with van der Waals surface area (Å²) in [6, 6.07) is 10.4. The molecule has 1 atom stereocenters. The molecule has 4 heteroatoms. The Hall–Kier alpha value is -1.68. The van der Waals surface area contributed by atoms with Crippen LogP contribution in [0.3, 0.4) is 0 Å².